The first kappa shape index (κ1) is 20.2. The molecule has 142 valence electrons. The summed E-state index contributed by atoms with van der Waals surface area (Å²) in [5, 5.41) is 2.74. The largest absolute Gasteiger partial charge is 0.482 e. The molecule has 27 heavy (non-hydrogen) atoms. The van der Waals surface area contributed by atoms with Crippen molar-refractivity contribution >= 4 is 17.7 Å². The first-order valence-corrected chi connectivity index (χ1v) is 8.66. The molecular weight excluding hydrogens is 346 g/mol. The average molecular weight is 369 g/mol. The van der Waals surface area contributed by atoms with Crippen molar-refractivity contribution in [1.29, 1.82) is 0 Å². The van der Waals surface area contributed by atoms with Gasteiger partial charge >= 0.3 is 5.97 Å². The fourth-order valence-electron chi connectivity index (χ4n) is 2.33. The number of carbonyl (C=O) groups excluding carboxylic acids is 3. The molecule has 0 aliphatic carbocycles. The highest BCUT2D eigenvalue weighted by Crippen LogP contribution is 2.13. The highest BCUT2D eigenvalue weighted by atomic mass is 16.6. The first-order chi connectivity index (χ1) is 13.0. The summed E-state index contributed by atoms with van der Waals surface area (Å²) in [5.41, 5.74) is 1.69. The average Bonchev–Trinajstić information content (AvgIpc) is 2.69. The van der Waals surface area contributed by atoms with Crippen molar-refractivity contribution in [3.8, 4) is 5.75 Å². The van der Waals surface area contributed by atoms with Gasteiger partial charge in [0.15, 0.2) is 19.0 Å². The highest BCUT2D eigenvalue weighted by Gasteiger charge is 2.11. The van der Waals surface area contributed by atoms with Gasteiger partial charge in [0.2, 0.25) is 0 Å². The Bertz CT molecular complexity index is 771. The molecule has 2 rings (SSSR count). The molecule has 0 bridgehead atoms. The molecule has 2 aromatic carbocycles. The number of rotatable bonds is 9. The maximum atomic E-state index is 11.8. The van der Waals surface area contributed by atoms with Gasteiger partial charge in [0.25, 0.3) is 5.91 Å². The van der Waals surface area contributed by atoms with Crippen LogP contribution in [0.25, 0.3) is 0 Å². The van der Waals surface area contributed by atoms with Crippen molar-refractivity contribution in [2.45, 2.75) is 19.8 Å². The van der Waals surface area contributed by atoms with Gasteiger partial charge in [-0.15, -0.1) is 0 Å². The topological polar surface area (TPSA) is 81.7 Å². The molecule has 0 fully saturated rings. The number of ether oxygens (including phenoxy) is 2. The maximum Gasteiger partial charge on any atom is 0.344 e. The molecule has 0 spiro atoms. The van der Waals surface area contributed by atoms with Crippen molar-refractivity contribution in [2.24, 2.45) is 0 Å². The Morgan fingerprint density at radius 1 is 0.963 bits per heavy atom. The van der Waals surface area contributed by atoms with Gasteiger partial charge in [0.1, 0.15) is 5.75 Å². The van der Waals surface area contributed by atoms with Crippen LogP contribution < -0.4 is 10.1 Å². The van der Waals surface area contributed by atoms with E-state index < -0.39 is 5.97 Å². The third-order valence-electron chi connectivity index (χ3n) is 3.96. The molecule has 6 heteroatoms. The van der Waals surface area contributed by atoms with Crippen LogP contribution in [0, 0.1) is 0 Å². The summed E-state index contributed by atoms with van der Waals surface area (Å²) in [7, 11) is 0. The number of hydrogen-bond donors (Lipinski definition) is 1. The Kier molecular flexibility index (Phi) is 7.55. The molecule has 1 atom stereocenters. The lowest BCUT2D eigenvalue weighted by Gasteiger charge is -2.13. The zero-order valence-corrected chi connectivity index (χ0v) is 15.4. The second kappa shape index (κ2) is 10.1. The molecule has 0 aliphatic heterocycles. The number of esters is 1. The minimum Gasteiger partial charge on any atom is -0.482 e. The van der Waals surface area contributed by atoms with E-state index in [0.29, 0.717) is 17.9 Å². The van der Waals surface area contributed by atoms with E-state index in [1.165, 1.54) is 6.92 Å². The maximum absolute atomic E-state index is 11.8. The molecule has 1 N–H and O–H groups in total. The summed E-state index contributed by atoms with van der Waals surface area (Å²) in [5.74, 6) is -0.451. The van der Waals surface area contributed by atoms with Crippen molar-refractivity contribution in [2.75, 3.05) is 19.8 Å². The smallest absolute Gasteiger partial charge is 0.344 e. The van der Waals surface area contributed by atoms with Crippen LogP contribution >= 0.6 is 0 Å². The molecule has 6 nitrogen and oxygen atoms in total. The van der Waals surface area contributed by atoms with Gasteiger partial charge in [-0.25, -0.2) is 4.79 Å². The van der Waals surface area contributed by atoms with E-state index in [-0.39, 0.29) is 30.8 Å². The summed E-state index contributed by atoms with van der Waals surface area (Å²) in [4.78, 5) is 34.7. The lowest BCUT2D eigenvalue weighted by Crippen LogP contribution is -2.32. The molecule has 0 aromatic heterocycles. The van der Waals surface area contributed by atoms with Crippen LogP contribution in [0.2, 0.25) is 0 Å². The van der Waals surface area contributed by atoms with Crippen LogP contribution in [0.15, 0.2) is 54.6 Å². The normalized spacial score (nSPS) is 11.3. The lowest BCUT2D eigenvalue weighted by atomic mass is 10.0. The summed E-state index contributed by atoms with van der Waals surface area (Å²) < 4.78 is 10.2. The SMILES string of the molecule is CC(=O)c1ccc(OCC(=O)OCC(=O)NC[C@@H](C)c2ccccc2)cc1. The van der Waals surface area contributed by atoms with E-state index in [0.717, 1.165) is 5.56 Å². The standard InChI is InChI=1S/C21H23NO5/c1-15(17-6-4-3-5-7-17)12-22-20(24)13-27-21(25)14-26-19-10-8-18(9-11-19)16(2)23/h3-11,15H,12-14H2,1-2H3,(H,22,24)/t15-/m1/s1. The summed E-state index contributed by atoms with van der Waals surface area (Å²) >= 11 is 0. The molecule has 0 heterocycles. The van der Waals surface area contributed by atoms with Gasteiger partial charge in [-0.1, -0.05) is 37.3 Å². The van der Waals surface area contributed by atoms with E-state index >= 15 is 0 Å². The van der Waals surface area contributed by atoms with Gasteiger partial charge in [-0.2, -0.15) is 0 Å². The molecule has 0 saturated heterocycles. The third kappa shape index (κ3) is 6.93. The van der Waals surface area contributed by atoms with E-state index in [4.69, 9.17) is 9.47 Å². The van der Waals surface area contributed by atoms with Crippen LogP contribution in [0.5, 0.6) is 5.75 Å². The van der Waals surface area contributed by atoms with E-state index in [2.05, 4.69) is 5.32 Å². The summed E-state index contributed by atoms with van der Waals surface area (Å²) in [6.07, 6.45) is 0. The van der Waals surface area contributed by atoms with Gasteiger partial charge < -0.3 is 14.8 Å². The number of ketones is 1. The molecule has 0 radical (unpaired) electrons. The Morgan fingerprint density at radius 3 is 2.26 bits per heavy atom. The second-order valence-electron chi connectivity index (χ2n) is 6.15. The quantitative estimate of drug-likeness (QED) is 0.543. The number of carbonyl (C=O) groups is 3. The third-order valence-corrected chi connectivity index (χ3v) is 3.96. The second-order valence-corrected chi connectivity index (χ2v) is 6.15. The number of amides is 1. The van der Waals surface area contributed by atoms with Crippen molar-refractivity contribution < 1.29 is 23.9 Å². The van der Waals surface area contributed by atoms with Crippen LogP contribution in [0.4, 0.5) is 0 Å². The Morgan fingerprint density at radius 2 is 1.63 bits per heavy atom. The molecule has 0 aliphatic rings. The van der Waals surface area contributed by atoms with E-state index in [9.17, 15) is 14.4 Å². The predicted molar refractivity (Wildman–Crippen MR) is 101 cm³/mol. The number of hydrogen-bond acceptors (Lipinski definition) is 5. The first-order valence-electron chi connectivity index (χ1n) is 8.66. The van der Waals surface area contributed by atoms with Crippen LogP contribution in [0.1, 0.15) is 35.7 Å². The Hall–Kier alpha value is -3.15. The lowest BCUT2D eigenvalue weighted by molar-refractivity contribution is -0.150. The van der Waals surface area contributed by atoms with Gasteiger partial charge in [-0.3, -0.25) is 9.59 Å². The minimum atomic E-state index is -0.642. The summed E-state index contributed by atoms with van der Waals surface area (Å²) in [6.45, 7) is 3.27. The molecule has 1 amide bonds. The predicted octanol–water partition coefficient (Wildman–Crippen LogP) is 2.73. The Labute approximate surface area is 158 Å². The van der Waals surface area contributed by atoms with Gasteiger partial charge in [-0.05, 0) is 42.7 Å². The molecular formula is C21H23NO5. The summed E-state index contributed by atoms with van der Waals surface area (Å²) in [6, 6.07) is 16.3. The van der Waals surface area contributed by atoms with Crippen LogP contribution in [0.3, 0.4) is 0 Å². The molecule has 0 unspecified atom stereocenters. The minimum absolute atomic E-state index is 0.0476. The van der Waals surface area contributed by atoms with E-state index in [1.807, 2.05) is 37.3 Å². The molecule has 0 saturated carbocycles. The highest BCUT2D eigenvalue weighted by molar-refractivity contribution is 5.94. The zero-order valence-electron chi connectivity index (χ0n) is 15.4. The fourth-order valence-corrected chi connectivity index (χ4v) is 2.33. The van der Waals surface area contributed by atoms with Crippen LogP contribution in [-0.4, -0.2) is 37.4 Å². The van der Waals surface area contributed by atoms with Gasteiger partial charge in [0.05, 0.1) is 0 Å². The number of benzene rings is 2. The van der Waals surface area contributed by atoms with E-state index in [1.54, 1.807) is 24.3 Å². The monoisotopic (exact) mass is 369 g/mol. The van der Waals surface area contributed by atoms with Crippen molar-refractivity contribution in [3.63, 3.8) is 0 Å². The zero-order chi connectivity index (χ0) is 19.6. The van der Waals surface area contributed by atoms with Crippen LogP contribution in [-0.2, 0) is 14.3 Å². The molecule has 2 aromatic rings. The van der Waals surface area contributed by atoms with Crippen molar-refractivity contribution in [3.05, 3.63) is 65.7 Å². The number of nitrogens with one attached hydrogen (secondary N) is 1. The van der Waals surface area contributed by atoms with Crippen molar-refractivity contribution in [1.82, 2.24) is 5.32 Å². The van der Waals surface area contributed by atoms with Gasteiger partial charge in [0, 0.05) is 12.1 Å². The number of Topliss-reactive ketones (excluding diaryl/α,β-unsaturated/α-hetero) is 1. The Balaban J connectivity index is 1.66. The fraction of sp³-hybridized carbons (Fsp3) is 0.286.